The second-order valence-electron chi connectivity index (χ2n) is 7.25. The fourth-order valence-electron chi connectivity index (χ4n) is 3.19. The lowest BCUT2D eigenvalue weighted by Crippen LogP contribution is -2.27. The number of nitrogens with zero attached hydrogens (tertiary/aromatic N) is 1. The first-order chi connectivity index (χ1) is 13.6. The van der Waals surface area contributed by atoms with Crippen molar-refractivity contribution in [2.75, 3.05) is 6.61 Å². The van der Waals surface area contributed by atoms with Crippen molar-refractivity contribution in [3.05, 3.63) is 57.9 Å². The van der Waals surface area contributed by atoms with Gasteiger partial charge in [-0.15, -0.1) is 0 Å². The van der Waals surface area contributed by atoms with E-state index in [1.165, 1.54) is 6.92 Å². The van der Waals surface area contributed by atoms with Crippen LogP contribution in [0.5, 0.6) is 5.75 Å². The number of amides is 1. The second kappa shape index (κ2) is 9.58. The van der Waals surface area contributed by atoms with Gasteiger partial charge in [0.1, 0.15) is 18.1 Å². The number of Topliss-reactive ketones (excluding diaryl/α,β-unsaturated/α-hetero) is 1. The molecule has 1 aromatic carbocycles. The fraction of sp³-hybridized carbons (Fsp3) is 0.409. The number of halogens is 2. The Morgan fingerprint density at radius 2 is 1.72 bits per heavy atom. The normalized spacial score (nSPS) is 12.0. The van der Waals surface area contributed by atoms with E-state index in [1.807, 2.05) is 19.1 Å². The summed E-state index contributed by atoms with van der Waals surface area (Å²) in [5.41, 5.74) is 3.95. The van der Waals surface area contributed by atoms with E-state index in [-0.39, 0.29) is 24.2 Å². The van der Waals surface area contributed by atoms with E-state index in [0.29, 0.717) is 22.7 Å². The standard InChI is InChI=1S/C22H26F2N2O3/c1-12-6-17(7-13(2)21(12)29-11-20(23)24)16(5)26-22(28)18-8-14(3)25-19(10-18)9-15(4)27/h6-8,10,16,20H,9,11H2,1-5H3,(H,26,28). The Kier molecular flexibility index (Phi) is 7.42. The SMILES string of the molecule is CC(=O)Cc1cc(C(=O)NC(C)c2cc(C)c(OCC(F)F)c(C)c2)cc(C)n1. The molecule has 1 amide bonds. The number of ether oxygens (including phenoxy) is 1. The van der Waals surface area contributed by atoms with Gasteiger partial charge in [0, 0.05) is 23.4 Å². The highest BCUT2D eigenvalue weighted by Crippen LogP contribution is 2.28. The van der Waals surface area contributed by atoms with Crippen LogP contribution >= 0.6 is 0 Å². The Morgan fingerprint density at radius 1 is 1.10 bits per heavy atom. The summed E-state index contributed by atoms with van der Waals surface area (Å²) in [4.78, 5) is 28.3. The predicted octanol–water partition coefficient (Wildman–Crippen LogP) is 4.27. The minimum absolute atomic E-state index is 0.0251. The molecule has 0 aliphatic rings. The summed E-state index contributed by atoms with van der Waals surface area (Å²) >= 11 is 0. The topological polar surface area (TPSA) is 68.3 Å². The van der Waals surface area contributed by atoms with E-state index in [0.717, 1.165) is 16.7 Å². The van der Waals surface area contributed by atoms with Gasteiger partial charge in [-0.1, -0.05) is 12.1 Å². The summed E-state index contributed by atoms with van der Waals surface area (Å²) in [6, 6.07) is 6.61. The van der Waals surface area contributed by atoms with E-state index in [4.69, 9.17) is 4.74 Å². The number of aromatic nitrogens is 1. The minimum Gasteiger partial charge on any atom is -0.487 e. The first kappa shape index (κ1) is 22.5. The molecular weight excluding hydrogens is 378 g/mol. The average molecular weight is 404 g/mol. The van der Waals surface area contributed by atoms with Crippen LogP contribution in [0.2, 0.25) is 0 Å². The number of hydrogen-bond acceptors (Lipinski definition) is 4. The maximum absolute atomic E-state index is 12.7. The van der Waals surface area contributed by atoms with Crippen molar-refractivity contribution >= 4 is 11.7 Å². The summed E-state index contributed by atoms with van der Waals surface area (Å²) in [6.07, 6.45) is -2.36. The number of ketones is 1. The van der Waals surface area contributed by atoms with Crippen LogP contribution in [-0.2, 0) is 11.2 Å². The highest BCUT2D eigenvalue weighted by molar-refractivity contribution is 5.94. The number of hydrogen-bond donors (Lipinski definition) is 1. The second-order valence-corrected chi connectivity index (χ2v) is 7.25. The fourth-order valence-corrected chi connectivity index (χ4v) is 3.19. The molecule has 1 N–H and O–H groups in total. The van der Waals surface area contributed by atoms with Gasteiger partial charge in [0.15, 0.2) is 0 Å². The lowest BCUT2D eigenvalue weighted by molar-refractivity contribution is -0.116. The van der Waals surface area contributed by atoms with Gasteiger partial charge in [-0.25, -0.2) is 8.78 Å². The molecule has 0 fully saturated rings. The molecule has 0 saturated heterocycles. The van der Waals surface area contributed by atoms with Gasteiger partial charge in [0.2, 0.25) is 0 Å². The van der Waals surface area contributed by atoms with Crippen LogP contribution in [0, 0.1) is 20.8 Å². The molecule has 0 saturated carbocycles. The molecule has 0 radical (unpaired) electrons. The van der Waals surface area contributed by atoms with Crippen LogP contribution < -0.4 is 10.1 Å². The lowest BCUT2D eigenvalue weighted by Gasteiger charge is -2.19. The zero-order valence-corrected chi connectivity index (χ0v) is 17.3. The third-order valence-electron chi connectivity index (χ3n) is 4.38. The van der Waals surface area contributed by atoms with Crippen LogP contribution in [0.25, 0.3) is 0 Å². The monoisotopic (exact) mass is 404 g/mol. The van der Waals surface area contributed by atoms with Crippen LogP contribution in [0.4, 0.5) is 8.78 Å². The number of alkyl halides is 2. The molecule has 1 heterocycles. The number of rotatable bonds is 8. The van der Waals surface area contributed by atoms with Gasteiger partial charge in [0.05, 0.1) is 6.04 Å². The third-order valence-corrected chi connectivity index (χ3v) is 4.38. The van der Waals surface area contributed by atoms with Gasteiger partial charge < -0.3 is 10.1 Å². The number of benzene rings is 1. The molecule has 2 aromatic rings. The lowest BCUT2D eigenvalue weighted by atomic mass is 10.0. The Balaban J connectivity index is 2.17. The Morgan fingerprint density at radius 3 is 2.28 bits per heavy atom. The maximum atomic E-state index is 12.7. The highest BCUT2D eigenvalue weighted by atomic mass is 19.3. The van der Waals surface area contributed by atoms with Crippen LogP contribution in [0.1, 0.15) is 58.3 Å². The van der Waals surface area contributed by atoms with Crippen molar-refractivity contribution in [1.29, 1.82) is 0 Å². The third kappa shape index (κ3) is 6.34. The number of carbonyl (C=O) groups is 2. The van der Waals surface area contributed by atoms with Crippen LogP contribution in [0.3, 0.4) is 0 Å². The number of aryl methyl sites for hydroxylation is 3. The molecule has 0 bridgehead atoms. The van der Waals surface area contributed by atoms with Gasteiger partial charge in [-0.3, -0.25) is 14.6 Å². The Hall–Kier alpha value is -2.83. The Labute approximate surface area is 169 Å². The molecule has 5 nitrogen and oxygen atoms in total. The van der Waals surface area contributed by atoms with Crippen molar-refractivity contribution in [3.63, 3.8) is 0 Å². The first-order valence-electron chi connectivity index (χ1n) is 9.36. The molecule has 7 heteroatoms. The molecule has 1 aromatic heterocycles. The van der Waals surface area contributed by atoms with Gasteiger partial charge in [-0.05, 0) is 63.4 Å². The van der Waals surface area contributed by atoms with Gasteiger partial charge in [-0.2, -0.15) is 0 Å². The average Bonchev–Trinajstić information content (AvgIpc) is 2.59. The molecular formula is C22H26F2N2O3. The molecule has 1 unspecified atom stereocenters. The maximum Gasteiger partial charge on any atom is 0.272 e. The molecule has 1 atom stereocenters. The number of nitrogens with one attached hydrogen (secondary N) is 1. The van der Waals surface area contributed by atoms with Crippen molar-refractivity contribution < 1.29 is 23.1 Å². The van der Waals surface area contributed by atoms with Gasteiger partial charge in [0.25, 0.3) is 12.3 Å². The summed E-state index contributed by atoms with van der Waals surface area (Å²) in [5, 5.41) is 2.93. The molecule has 29 heavy (non-hydrogen) atoms. The molecule has 0 aliphatic heterocycles. The molecule has 0 aliphatic carbocycles. The van der Waals surface area contributed by atoms with Crippen molar-refractivity contribution in [1.82, 2.24) is 10.3 Å². The molecule has 0 spiro atoms. The largest absolute Gasteiger partial charge is 0.487 e. The zero-order valence-electron chi connectivity index (χ0n) is 17.3. The first-order valence-corrected chi connectivity index (χ1v) is 9.36. The van der Waals surface area contributed by atoms with Crippen LogP contribution in [0.15, 0.2) is 24.3 Å². The predicted molar refractivity (Wildman–Crippen MR) is 107 cm³/mol. The van der Waals surface area contributed by atoms with E-state index in [2.05, 4.69) is 10.3 Å². The molecule has 156 valence electrons. The van der Waals surface area contributed by atoms with Crippen molar-refractivity contribution in [3.8, 4) is 5.75 Å². The summed E-state index contributed by atoms with van der Waals surface area (Å²) in [5.74, 6) is 0.135. The van der Waals surface area contributed by atoms with E-state index in [1.54, 1.807) is 32.9 Å². The smallest absolute Gasteiger partial charge is 0.272 e. The van der Waals surface area contributed by atoms with Crippen molar-refractivity contribution in [2.45, 2.75) is 53.5 Å². The summed E-state index contributed by atoms with van der Waals surface area (Å²) in [6.45, 7) is 8.01. The Bertz CT molecular complexity index is 890. The minimum atomic E-state index is -2.54. The number of carbonyl (C=O) groups excluding carboxylic acids is 2. The number of pyridine rings is 1. The zero-order chi connectivity index (χ0) is 21.7. The van der Waals surface area contributed by atoms with Gasteiger partial charge >= 0.3 is 0 Å². The van der Waals surface area contributed by atoms with E-state index >= 15 is 0 Å². The highest BCUT2D eigenvalue weighted by Gasteiger charge is 2.16. The summed E-state index contributed by atoms with van der Waals surface area (Å²) < 4.78 is 30.1. The van der Waals surface area contributed by atoms with Crippen molar-refractivity contribution in [2.24, 2.45) is 0 Å². The quantitative estimate of drug-likeness (QED) is 0.713. The van der Waals surface area contributed by atoms with E-state index in [9.17, 15) is 18.4 Å². The van der Waals surface area contributed by atoms with Crippen LogP contribution in [-0.4, -0.2) is 29.7 Å². The van der Waals surface area contributed by atoms with E-state index < -0.39 is 13.0 Å². The summed E-state index contributed by atoms with van der Waals surface area (Å²) in [7, 11) is 0. The molecule has 2 rings (SSSR count).